The van der Waals surface area contributed by atoms with Crippen molar-refractivity contribution in [2.75, 3.05) is 32.8 Å². The van der Waals surface area contributed by atoms with Crippen LogP contribution < -0.4 is 5.32 Å². The van der Waals surface area contributed by atoms with Gasteiger partial charge >= 0.3 is 0 Å². The van der Waals surface area contributed by atoms with Gasteiger partial charge in [-0.15, -0.1) is 5.10 Å². The van der Waals surface area contributed by atoms with Gasteiger partial charge in [0.25, 0.3) is 0 Å². The molecule has 0 amide bonds. The van der Waals surface area contributed by atoms with Crippen LogP contribution in [-0.4, -0.2) is 57.8 Å². The molecule has 2 N–H and O–H groups in total. The Bertz CT molecular complexity index is 311. The Morgan fingerprint density at radius 2 is 2.17 bits per heavy atom. The zero-order valence-electron chi connectivity index (χ0n) is 11.5. The van der Waals surface area contributed by atoms with Crippen molar-refractivity contribution >= 4 is 0 Å². The van der Waals surface area contributed by atoms with Gasteiger partial charge < -0.3 is 15.3 Å². The summed E-state index contributed by atoms with van der Waals surface area (Å²) in [6, 6.07) is 0. The monoisotopic (exact) mass is 255 g/mol. The summed E-state index contributed by atoms with van der Waals surface area (Å²) in [5.41, 5.74) is 0.922. The van der Waals surface area contributed by atoms with Crippen molar-refractivity contribution in [2.24, 2.45) is 0 Å². The molecule has 0 spiro atoms. The lowest BCUT2D eigenvalue weighted by Gasteiger charge is -2.17. The Balaban J connectivity index is 2.09. The molecule has 0 saturated carbocycles. The van der Waals surface area contributed by atoms with Gasteiger partial charge in [0, 0.05) is 12.7 Å². The average Bonchev–Trinajstić information content (AvgIpc) is 2.82. The lowest BCUT2D eigenvalue weighted by molar-refractivity contribution is 0.268. The number of hydrogen-bond donors (Lipinski definition) is 2. The fourth-order valence-electron chi connectivity index (χ4n) is 1.82. The highest BCUT2D eigenvalue weighted by Gasteiger charge is 2.01. The van der Waals surface area contributed by atoms with Gasteiger partial charge in [-0.3, -0.25) is 0 Å². The highest BCUT2D eigenvalue weighted by molar-refractivity contribution is 4.91. The van der Waals surface area contributed by atoms with Crippen LogP contribution in [0.25, 0.3) is 0 Å². The van der Waals surface area contributed by atoms with Crippen molar-refractivity contribution in [3.05, 3.63) is 11.9 Å². The maximum atomic E-state index is 8.76. The summed E-state index contributed by atoms with van der Waals surface area (Å²) in [6.07, 6.45) is 3.01. The van der Waals surface area contributed by atoms with Crippen LogP contribution in [0.3, 0.4) is 0 Å². The molecular formula is C12H25N5O. The first kappa shape index (κ1) is 15.1. The SMILES string of the molecule is CCN(CC)CCCNCc1cn(CCO)nn1. The molecule has 6 nitrogen and oxygen atoms in total. The summed E-state index contributed by atoms with van der Waals surface area (Å²) in [5, 5.41) is 20.1. The number of nitrogens with zero attached hydrogens (tertiary/aromatic N) is 4. The summed E-state index contributed by atoms with van der Waals surface area (Å²) in [7, 11) is 0. The van der Waals surface area contributed by atoms with E-state index in [1.54, 1.807) is 4.68 Å². The standard InChI is InChI=1S/C12H25N5O/c1-3-16(4-2)7-5-6-13-10-12-11-17(8-9-18)15-14-12/h11,13,18H,3-10H2,1-2H3. The number of rotatable bonds is 10. The maximum absolute atomic E-state index is 8.76. The van der Waals surface area contributed by atoms with Crippen LogP contribution in [0.15, 0.2) is 6.20 Å². The van der Waals surface area contributed by atoms with Crippen LogP contribution in [0.4, 0.5) is 0 Å². The van der Waals surface area contributed by atoms with Gasteiger partial charge in [0.2, 0.25) is 0 Å². The second kappa shape index (κ2) is 9.02. The minimum Gasteiger partial charge on any atom is -0.394 e. The lowest BCUT2D eigenvalue weighted by Crippen LogP contribution is -2.27. The van der Waals surface area contributed by atoms with Gasteiger partial charge in [0.15, 0.2) is 0 Å². The molecule has 0 unspecified atom stereocenters. The number of hydrogen-bond acceptors (Lipinski definition) is 5. The van der Waals surface area contributed by atoms with Gasteiger partial charge in [-0.25, -0.2) is 4.68 Å². The van der Waals surface area contributed by atoms with Crippen LogP contribution in [-0.2, 0) is 13.1 Å². The van der Waals surface area contributed by atoms with E-state index in [2.05, 4.69) is 34.4 Å². The Morgan fingerprint density at radius 1 is 1.39 bits per heavy atom. The van der Waals surface area contributed by atoms with Crippen molar-refractivity contribution in [3.63, 3.8) is 0 Å². The number of aromatic nitrogens is 3. The van der Waals surface area contributed by atoms with Crippen molar-refractivity contribution < 1.29 is 5.11 Å². The normalized spacial score (nSPS) is 11.3. The Morgan fingerprint density at radius 3 is 2.83 bits per heavy atom. The van der Waals surface area contributed by atoms with Crippen LogP contribution in [0.5, 0.6) is 0 Å². The molecule has 6 heteroatoms. The number of aliphatic hydroxyl groups excluding tert-OH is 1. The van der Waals surface area contributed by atoms with E-state index >= 15 is 0 Å². The quantitative estimate of drug-likeness (QED) is 0.580. The van der Waals surface area contributed by atoms with Crippen LogP contribution in [0.2, 0.25) is 0 Å². The summed E-state index contributed by atoms with van der Waals surface area (Å²) in [4.78, 5) is 2.42. The van der Waals surface area contributed by atoms with Gasteiger partial charge in [-0.1, -0.05) is 19.1 Å². The van der Waals surface area contributed by atoms with E-state index in [1.807, 2.05) is 6.20 Å². The van der Waals surface area contributed by atoms with Crippen molar-refractivity contribution in [3.8, 4) is 0 Å². The molecule has 0 aliphatic carbocycles. The molecule has 0 atom stereocenters. The van der Waals surface area contributed by atoms with Crippen molar-refractivity contribution in [1.29, 1.82) is 0 Å². The minimum atomic E-state index is 0.0973. The van der Waals surface area contributed by atoms with E-state index in [9.17, 15) is 0 Å². The fraction of sp³-hybridized carbons (Fsp3) is 0.833. The van der Waals surface area contributed by atoms with Crippen LogP contribution >= 0.6 is 0 Å². The summed E-state index contributed by atoms with van der Waals surface area (Å²) in [5.74, 6) is 0. The fourth-order valence-corrected chi connectivity index (χ4v) is 1.82. The summed E-state index contributed by atoms with van der Waals surface area (Å²) < 4.78 is 1.66. The second-order valence-corrected chi connectivity index (χ2v) is 4.25. The Labute approximate surface area is 109 Å². The predicted octanol–water partition coefficient (Wildman–Crippen LogP) is 0.0919. The first-order valence-corrected chi connectivity index (χ1v) is 6.73. The summed E-state index contributed by atoms with van der Waals surface area (Å²) in [6.45, 7) is 10.1. The molecule has 0 saturated heterocycles. The van der Waals surface area contributed by atoms with E-state index in [0.717, 1.165) is 44.8 Å². The molecular weight excluding hydrogens is 230 g/mol. The molecule has 0 fully saturated rings. The molecule has 0 aliphatic rings. The summed E-state index contributed by atoms with van der Waals surface area (Å²) >= 11 is 0. The maximum Gasteiger partial charge on any atom is 0.0964 e. The molecule has 1 heterocycles. The molecule has 1 aromatic rings. The molecule has 0 aliphatic heterocycles. The molecule has 1 aromatic heterocycles. The lowest BCUT2D eigenvalue weighted by atomic mass is 10.3. The van der Waals surface area contributed by atoms with Gasteiger partial charge in [0.05, 0.1) is 18.8 Å². The van der Waals surface area contributed by atoms with Crippen LogP contribution in [0, 0.1) is 0 Å². The molecule has 104 valence electrons. The second-order valence-electron chi connectivity index (χ2n) is 4.25. The predicted molar refractivity (Wildman–Crippen MR) is 71.2 cm³/mol. The third kappa shape index (κ3) is 5.57. The molecule has 0 aromatic carbocycles. The smallest absolute Gasteiger partial charge is 0.0964 e. The highest BCUT2D eigenvalue weighted by Crippen LogP contribution is 1.93. The number of aliphatic hydroxyl groups is 1. The molecule has 18 heavy (non-hydrogen) atoms. The zero-order chi connectivity index (χ0) is 13.2. The largest absolute Gasteiger partial charge is 0.394 e. The van der Waals surface area contributed by atoms with Gasteiger partial charge in [0.1, 0.15) is 0 Å². The van der Waals surface area contributed by atoms with E-state index < -0.39 is 0 Å². The van der Waals surface area contributed by atoms with Gasteiger partial charge in [-0.2, -0.15) is 0 Å². The van der Waals surface area contributed by atoms with Gasteiger partial charge in [-0.05, 0) is 32.6 Å². The topological polar surface area (TPSA) is 66.2 Å². The zero-order valence-corrected chi connectivity index (χ0v) is 11.5. The van der Waals surface area contributed by atoms with E-state index in [-0.39, 0.29) is 6.61 Å². The first-order valence-electron chi connectivity index (χ1n) is 6.73. The van der Waals surface area contributed by atoms with Crippen LogP contribution in [0.1, 0.15) is 26.0 Å². The molecule has 0 bridgehead atoms. The van der Waals surface area contributed by atoms with Crippen molar-refractivity contribution in [2.45, 2.75) is 33.4 Å². The van der Waals surface area contributed by atoms with Crippen molar-refractivity contribution in [1.82, 2.24) is 25.2 Å². The van der Waals surface area contributed by atoms with E-state index in [1.165, 1.54) is 0 Å². The Kier molecular flexibility index (Phi) is 7.55. The minimum absolute atomic E-state index is 0.0973. The molecule has 1 rings (SSSR count). The highest BCUT2D eigenvalue weighted by atomic mass is 16.3. The average molecular weight is 255 g/mol. The molecule has 0 radical (unpaired) electrons. The Hall–Kier alpha value is -0.980. The number of nitrogens with one attached hydrogen (secondary N) is 1. The van der Waals surface area contributed by atoms with E-state index in [4.69, 9.17) is 5.11 Å². The first-order chi connectivity index (χ1) is 8.80. The third-order valence-electron chi connectivity index (χ3n) is 2.94. The van der Waals surface area contributed by atoms with E-state index in [0.29, 0.717) is 6.54 Å². The third-order valence-corrected chi connectivity index (χ3v) is 2.94.